The van der Waals surface area contributed by atoms with Gasteiger partial charge in [-0.3, -0.25) is 0 Å². The molecule has 0 saturated carbocycles. The van der Waals surface area contributed by atoms with Crippen LogP contribution in [0.15, 0.2) is 28.2 Å². The Morgan fingerprint density at radius 3 is 3.00 bits per heavy atom. The highest BCUT2D eigenvalue weighted by Crippen LogP contribution is 2.17. The molecule has 0 fully saturated rings. The monoisotopic (exact) mass is 265 g/mol. The Morgan fingerprint density at radius 1 is 1.44 bits per heavy atom. The molecule has 2 N–H and O–H groups in total. The minimum atomic E-state index is -0.953. The normalized spacial score (nSPS) is 10.7. The molecule has 0 aliphatic carbocycles. The minimum absolute atomic E-state index is 0.226. The second-order valence-electron chi connectivity index (χ2n) is 3.89. The maximum atomic E-state index is 10.9. The number of hydrogen-bond acceptors (Lipinski definition) is 4. The van der Waals surface area contributed by atoms with Crippen LogP contribution >= 0.6 is 11.3 Å². The fourth-order valence-electron chi connectivity index (χ4n) is 1.79. The molecular formula is C13H15NO3S. The molecule has 2 aromatic rings. The minimum Gasteiger partial charge on any atom is -0.478 e. The first-order valence-electron chi connectivity index (χ1n) is 5.78. The predicted molar refractivity (Wildman–Crippen MR) is 69.9 cm³/mol. The molecule has 0 aliphatic rings. The predicted octanol–water partition coefficient (Wildman–Crippen LogP) is 2.89. The van der Waals surface area contributed by atoms with E-state index in [4.69, 9.17) is 9.52 Å². The van der Waals surface area contributed by atoms with Crippen LogP contribution in [-0.4, -0.2) is 11.1 Å². The molecule has 18 heavy (non-hydrogen) atoms. The van der Waals surface area contributed by atoms with Crippen LogP contribution in [0.1, 0.15) is 33.5 Å². The summed E-state index contributed by atoms with van der Waals surface area (Å²) in [5.41, 5.74) is 1.56. The van der Waals surface area contributed by atoms with Gasteiger partial charge in [0.2, 0.25) is 0 Å². The van der Waals surface area contributed by atoms with Crippen molar-refractivity contribution < 1.29 is 14.3 Å². The van der Waals surface area contributed by atoms with Gasteiger partial charge < -0.3 is 14.8 Å². The molecule has 2 aromatic heterocycles. The molecule has 0 radical (unpaired) electrons. The lowest BCUT2D eigenvalue weighted by molar-refractivity contribution is 0.0694. The third-order valence-electron chi connectivity index (χ3n) is 2.77. The smallest absolute Gasteiger partial charge is 0.339 e. The Balaban J connectivity index is 1.92. The molecule has 2 heterocycles. The van der Waals surface area contributed by atoms with Crippen molar-refractivity contribution in [1.82, 2.24) is 5.32 Å². The van der Waals surface area contributed by atoms with E-state index < -0.39 is 5.97 Å². The average Bonchev–Trinajstić information content (AvgIpc) is 2.97. The van der Waals surface area contributed by atoms with Gasteiger partial charge in [-0.15, -0.1) is 11.3 Å². The van der Waals surface area contributed by atoms with Gasteiger partial charge in [0.25, 0.3) is 0 Å². The SMILES string of the molecule is CCc1ccsc1CNCc1occc1C(=O)O. The highest BCUT2D eigenvalue weighted by atomic mass is 32.1. The van der Waals surface area contributed by atoms with Crippen LogP contribution in [0.2, 0.25) is 0 Å². The number of carbonyl (C=O) groups is 1. The molecule has 0 unspecified atom stereocenters. The quantitative estimate of drug-likeness (QED) is 0.843. The van der Waals surface area contributed by atoms with Crippen molar-refractivity contribution >= 4 is 17.3 Å². The number of aromatic carboxylic acids is 1. The van der Waals surface area contributed by atoms with Crippen molar-refractivity contribution in [3.05, 3.63) is 45.5 Å². The van der Waals surface area contributed by atoms with Crippen molar-refractivity contribution in [2.24, 2.45) is 0 Å². The zero-order valence-electron chi connectivity index (χ0n) is 10.1. The van der Waals surface area contributed by atoms with Crippen molar-refractivity contribution in [1.29, 1.82) is 0 Å². The Morgan fingerprint density at radius 2 is 2.28 bits per heavy atom. The topological polar surface area (TPSA) is 62.5 Å². The second kappa shape index (κ2) is 5.84. The molecule has 0 saturated heterocycles. The van der Waals surface area contributed by atoms with Crippen LogP contribution in [0.3, 0.4) is 0 Å². The summed E-state index contributed by atoms with van der Waals surface area (Å²) in [4.78, 5) is 12.2. The largest absolute Gasteiger partial charge is 0.478 e. The number of aryl methyl sites for hydroxylation is 1. The van der Waals surface area contributed by atoms with Gasteiger partial charge in [0.1, 0.15) is 11.3 Å². The molecule has 0 aliphatic heterocycles. The van der Waals surface area contributed by atoms with Gasteiger partial charge in [0.05, 0.1) is 12.8 Å². The van der Waals surface area contributed by atoms with E-state index in [1.54, 1.807) is 11.3 Å². The molecule has 4 nitrogen and oxygen atoms in total. The fraction of sp³-hybridized carbons (Fsp3) is 0.308. The lowest BCUT2D eigenvalue weighted by Crippen LogP contribution is -2.14. The molecule has 0 atom stereocenters. The Hall–Kier alpha value is -1.59. The Labute approximate surface area is 109 Å². The van der Waals surface area contributed by atoms with Gasteiger partial charge >= 0.3 is 5.97 Å². The summed E-state index contributed by atoms with van der Waals surface area (Å²) in [6.45, 7) is 3.29. The Bertz CT molecular complexity index is 530. The number of carboxylic acid groups (broad SMARTS) is 1. The molecule has 2 rings (SSSR count). The summed E-state index contributed by atoms with van der Waals surface area (Å²) in [5.74, 6) is -0.483. The highest BCUT2D eigenvalue weighted by Gasteiger charge is 2.12. The van der Waals surface area contributed by atoms with Gasteiger partial charge in [0.15, 0.2) is 0 Å². The van der Waals surface area contributed by atoms with Crippen LogP contribution in [-0.2, 0) is 19.5 Å². The van der Waals surface area contributed by atoms with E-state index in [1.807, 2.05) is 0 Å². The average molecular weight is 265 g/mol. The van der Waals surface area contributed by atoms with Crippen LogP contribution in [0.5, 0.6) is 0 Å². The maximum Gasteiger partial charge on any atom is 0.339 e. The van der Waals surface area contributed by atoms with Crippen LogP contribution in [0.25, 0.3) is 0 Å². The van der Waals surface area contributed by atoms with E-state index in [9.17, 15) is 4.79 Å². The Kier molecular flexibility index (Phi) is 4.17. The molecule has 96 valence electrons. The molecule has 0 spiro atoms. The zero-order chi connectivity index (χ0) is 13.0. The van der Waals surface area contributed by atoms with Gasteiger partial charge in [-0.25, -0.2) is 4.79 Å². The first-order chi connectivity index (χ1) is 8.72. The third kappa shape index (κ3) is 2.80. The van der Waals surface area contributed by atoms with E-state index in [2.05, 4.69) is 23.7 Å². The van der Waals surface area contributed by atoms with Crippen LogP contribution < -0.4 is 5.32 Å². The first kappa shape index (κ1) is 12.9. The van der Waals surface area contributed by atoms with E-state index >= 15 is 0 Å². The lowest BCUT2D eigenvalue weighted by atomic mass is 10.2. The van der Waals surface area contributed by atoms with Gasteiger partial charge in [-0.05, 0) is 29.5 Å². The summed E-state index contributed by atoms with van der Waals surface area (Å²) >= 11 is 1.71. The number of carboxylic acids is 1. The van der Waals surface area contributed by atoms with Crippen molar-refractivity contribution in [2.75, 3.05) is 0 Å². The van der Waals surface area contributed by atoms with Gasteiger partial charge in [-0.2, -0.15) is 0 Å². The van der Waals surface area contributed by atoms with Crippen molar-refractivity contribution in [2.45, 2.75) is 26.4 Å². The molecule has 0 bridgehead atoms. The molecule has 0 aromatic carbocycles. The summed E-state index contributed by atoms with van der Waals surface area (Å²) in [5, 5.41) is 14.2. The summed E-state index contributed by atoms with van der Waals surface area (Å²) in [7, 11) is 0. The number of thiophene rings is 1. The van der Waals surface area contributed by atoms with Crippen LogP contribution in [0.4, 0.5) is 0 Å². The summed E-state index contributed by atoms with van der Waals surface area (Å²) in [6.07, 6.45) is 2.42. The number of hydrogen-bond donors (Lipinski definition) is 2. The van der Waals surface area contributed by atoms with E-state index in [0.717, 1.165) is 13.0 Å². The summed E-state index contributed by atoms with van der Waals surface area (Å²) in [6, 6.07) is 3.60. The zero-order valence-corrected chi connectivity index (χ0v) is 10.9. The highest BCUT2D eigenvalue weighted by molar-refractivity contribution is 7.10. The van der Waals surface area contributed by atoms with Gasteiger partial charge in [-0.1, -0.05) is 6.92 Å². The fourth-order valence-corrected chi connectivity index (χ4v) is 2.74. The lowest BCUT2D eigenvalue weighted by Gasteiger charge is -2.04. The van der Waals surface area contributed by atoms with E-state index in [1.165, 1.54) is 22.8 Å². The molecule has 5 heteroatoms. The van der Waals surface area contributed by atoms with E-state index in [0.29, 0.717) is 12.3 Å². The first-order valence-corrected chi connectivity index (χ1v) is 6.66. The molecule has 0 amide bonds. The number of furan rings is 1. The van der Waals surface area contributed by atoms with Crippen molar-refractivity contribution in [3.63, 3.8) is 0 Å². The number of nitrogens with one attached hydrogen (secondary N) is 1. The van der Waals surface area contributed by atoms with Gasteiger partial charge in [0, 0.05) is 11.4 Å². The second-order valence-corrected chi connectivity index (χ2v) is 4.89. The maximum absolute atomic E-state index is 10.9. The number of rotatable bonds is 6. The standard InChI is InChI=1S/C13H15NO3S/c1-2-9-4-6-18-12(9)8-14-7-11-10(13(15)16)3-5-17-11/h3-6,14H,2,7-8H2,1H3,(H,15,16). The van der Waals surface area contributed by atoms with E-state index in [-0.39, 0.29) is 5.56 Å². The third-order valence-corrected chi connectivity index (χ3v) is 3.73. The van der Waals surface area contributed by atoms with Crippen molar-refractivity contribution in [3.8, 4) is 0 Å². The molecular weight excluding hydrogens is 250 g/mol. The van der Waals surface area contributed by atoms with Crippen LogP contribution in [0, 0.1) is 0 Å². The summed E-state index contributed by atoms with van der Waals surface area (Å²) < 4.78 is 5.16.